The summed E-state index contributed by atoms with van der Waals surface area (Å²) in [5.74, 6) is -0.450. The molecule has 0 saturated carbocycles. The molecule has 0 unspecified atom stereocenters. The number of thiocarbonyl (C=S) groups is 1. The van der Waals surface area contributed by atoms with Crippen molar-refractivity contribution >= 4 is 34.7 Å². The summed E-state index contributed by atoms with van der Waals surface area (Å²) in [7, 11) is 0. The molecule has 2 rings (SSSR count). The van der Waals surface area contributed by atoms with Crippen molar-refractivity contribution in [2.75, 3.05) is 17.2 Å². The summed E-state index contributed by atoms with van der Waals surface area (Å²) in [5.41, 5.74) is -0.0591. The molecule has 0 aliphatic heterocycles. The molecular formula is C17H15F3N2O2S. The lowest BCUT2D eigenvalue weighted by Crippen LogP contribution is -2.21. The average molecular weight is 368 g/mol. The van der Waals surface area contributed by atoms with Gasteiger partial charge >= 0.3 is 12.1 Å². The molecule has 2 aromatic carbocycles. The normalized spacial score (nSPS) is 10.9. The minimum absolute atomic E-state index is 0.000541. The standard InChI is InChI=1S/C17H15F3N2O2S/c1-2-24-15(23)11-7-9-12(10-8-11)21-16(25)22-14-6-4-3-5-13(14)17(18,19)20/h3-10H,2H2,1H3,(H2,21,22,25). The number of ether oxygens (including phenoxy) is 1. The van der Waals surface area contributed by atoms with E-state index in [4.69, 9.17) is 17.0 Å². The van der Waals surface area contributed by atoms with Gasteiger partial charge < -0.3 is 15.4 Å². The van der Waals surface area contributed by atoms with E-state index in [9.17, 15) is 18.0 Å². The van der Waals surface area contributed by atoms with E-state index in [0.29, 0.717) is 11.3 Å². The summed E-state index contributed by atoms with van der Waals surface area (Å²) in [4.78, 5) is 11.6. The molecule has 0 fully saturated rings. The van der Waals surface area contributed by atoms with Crippen LogP contribution in [0.1, 0.15) is 22.8 Å². The van der Waals surface area contributed by atoms with Gasteiger partial charge in [-0.1, -0.05) is 12.1 Å². The molecule has 0 saturated heterocycles. The quantitative estimate of drug-likeness (QED) is 0.606. The van der Waals surface area contributed by atoms with Crippen molar-refractivity contribution in [3.05, 3.63) is 59.7 Å². The Morgan fingerprint density at radius 2 is 1.72 bits per heavy atom. The first-order chi connectivity index (χ1) is 11.8. The van der Waals surface area contributed by atoms with E-state index in [1.807, 2.05) is 0 Å². The van der Waals surface area contributed by atoms with Crippen molar-refractivity contribution in [2.24, 2.45) is 0 Å². The zero-order valence-electron chi connectivity index (χ0n) is 13.2. The highest BCUT2D eigenvalue weighted by Gasteiger charge is 2.33. The van der Waals surface area contributed by atoms with Crippen molar-refractivity contribution in [2.45, 2.75) is 13.1 Å². The fraction of sp³-hybridized carbons (Fsp3) is 0.176. The lowest BCUT2D eigenvalue weighted by molar-refractivity contribution is -0.136. The summed E-state index contributed by atoms with van der Waals surface area (Å²) in [6.45, 7) is 1.97. The molecule has 0 bridgehead atoms. The third kappa shape index (κ3) is 5.18. The molecule has 4 nitrogen and oxygen atoms in total. The van der Waals surface area contributed by atoms with Gasteiger partial charge in [-0.05, 0) is 55.5 Å². The minimum atomic E-state index is -4.49. The van der Waals surface area contributed by atoms with Crippen LogP contribution >= 0.6 is 12.2 Å². The monoisotopic (exact) mass is 368 g/mol. The third-order valence-electron chi connectivity index (χ3n) is 3.13. The van der Waals surface area contributed by atoms with Crippen LogP contribution < -0.4 is 10.6 Å². The van der Waals surface area contributed by atoms with Crippen LogP contribution in [0.2, 0.25) is 0 Å². The van der Waals surface area contributed by atoms with Crippen LogP contribution in [0.15, 0.2) is 48.5 Å². The SMILES string of the molecule is CCOC(=O)c1ccc(NC(=S)Nc2ccccc2C(F)(F)F)cc1. The van der Waals surface area contributed by atoms with Crippen LogP contribution in [0.25, 0.3) is 0 Å². The fourth-order valence-electron chi connectivity index (χ4n) is 2.03. The van der Waals surface area contributed by atoms with E-state index in [2.05, 4.69) is 10.6 Å². The molecule has 8 heteroatoms. The van der Waals surface area contributed by atoms with Gasteiger partial charge in [0.1, 0.15) is 0 Å². The number of alkyl halides is 3. The number of halogens is 3. The van der Waals surface area contributed by atoms with Gasteiger partial charge in [0.05, 0.1) is 23.4 Å². The van der Waals surface area contributed by atoms with Gasteiger partial charge in [0.15, 0.2) is 5.11 Å². The highest BCUT2D eigenvalue weighted by molar-refractivity contribution is 7.80. The number of carbonyl (C=O) groups excluding carboxylic acids is 1. The molecule has 0 aliphatic rings. The summed E-state index contributed by atoms with van der Waals surface area (Å²) in [5, 5.41) is 5.30. The average Bonchev–Trinajstić information content (AvgIpc) is 2.55. The molecule has 0 atom stereocenters. The second kappa shape index (κ2) is 7.98. The summed E-state index contributed by atoms with van der Waals surface area (Å²) >= 11 is 5.05. The molecule has 0 heterocycles. The van der Waals surface area contributed by atoms with E-state index in [0.717, 1.165) is 6.07 Å². The van der Waals surface area contributed by atoms with Crippen LogP contribution in [0, 0.1) is 0 Å². The molecular weight excluding hydrogens is 353 g/mol. The first-order valence-corrected chi connectivity index (χ1v) is 7.73. The zero-order chi connectivity index (χ0) is 18.4. The molecule has 0 aromatic heterocycles. The second-order valence-corrected chi connectivity index (χ2v) is 5.33. The Bertz CT molecular complexity index is 761. The number of para-hydroxylation sites is 1. The predicted molar refractivity (Wildman–Crippen MR) is 93.7 cm³/mol. The van der Waals surface area contributed by atoms with Crippen molar-refractivity contribution < 1.29 is 22.7 Å². The maximum Gasteiger partial charge on any atom is 0.418 e. The second-order valence-electron chi connectivity index (χ2n) is 4.92. The molecule has 25 heavy (non-hydrogen) atoms. The van der Waals surface area contributed by atoms with Gasteiger partial charge in [-0.25, -0.2) is 4.79 Å². The number of anilines is 2. The molecule has 132 valence electrons. The van der Waals surface area contributed by atoms with E-state index in [1.165, 1.54) is 30.3 Å². The van der Waals surface area contributed by atoms with Crippen LogP contribution in [0.3, 0.4) is 0 Å². The highest BCUT2D eigenvalue weighted by atomic mass is 32.1. The van der Waals surface area contributed by atoms with Gasteiger partial charge in [0, 0.05) is 5.69 Å². The van der Waals surface area contributed by atoms with Crippen LogP contribution in [-0.2, 0) is 10.9 Å². The molecule has 2 N–H and O–H groups in total. The zero-order valence-corrected chi connectivity index (χ0v) is 14.0. The molecule has 2 aromatic rings. The van der Waals surface area contributed by atoms with Crippen LogP contribution in [-0.4, -0.2) is 17.7 Å². The van der Waals surface area contributed by atoms with Gasteiger partial charge in [-0.15, -0.1) is 0 Å². The van der Waals surface area contributed by atoms with Crippen molar-refractivity contribution in [3.63, 3.8) is 0 Å². The van der Waals surface area contributed by atoms with E-state index in [-0.39, 0.29) is 17.4 Å². The van der Waals surface area contributed by atoms with Gasteiger partial charge in [-0.2, -0.15) is 13.2 Å². The molecule has 0 amide bonds. The number of esters is 1. The summed E-state index contributed by atoms with van der Waals surface area (Å²) in [6, 6.07) is 11.3. The van der Waals surface area contributed by atoms with Gasteiger partial charge in [-0.3, -0.25) is 0 Å². The lowest BCUT2D eigenvalue weighted by Gasteiger charge is -2.15. The van der Waals surface area contributed by atoms with E-state index >= 15 is 0 Å². The smallest absolute Gasteiger partial charge is 0.418 e. The molecule has 0 spiro atoms. The number of rotatable bonds is 4. The van der Waals surface area contributed by atoms with Gasteiger partial charge in [0.2, 0.25) is 0 Å². The van der Waals surface area contributed by atoms with Crippen LogP contribution in [0.5, 0.6) is 0 Å². The van der Waals surface area contributed by atoms with Crippen molar-refractivity contribution in [1.29, 1.82) is 0 Å². The molecule has 0 radical (unpaired) electrons. The highest BCUT2D eigenvalue weighted by Crippen LogP contribution is 2.34. The van der Waals surface area contributed by atoms with E-state index in [1.54, 1.807) is 19.1 Å². The third-order valence-corrected chi connectivity index (χ3v) is 3.34. The topological polar surface area (TPSA) is 50.4 Å². The van der Waals surface area contributed by atoms with Crippen molar-refractivity contribution in [3.8, 4) is 0 Å². The Morgan fingerprint density at radius 1 is 1.08 bits per heavy atom. The Hall–Kier alpha value is -2.61. The van der Waals surface area contributed by atoms with Gasteiger partial charge in [0.25, 0.3) is 0 Å². The summed E-state index contributed by atoms with van der Waals surface area (Å²) in [6.07, 6.45) is -4.49. The Kier molecular flexibility index (Phi) is 5.97. The number of hydrogen-bond acceptors (Lipinski definition) is 3. The maximum absolute atomic E-state index is 13.0. The number of benzene rings is 2. The predicted octanol–water partition coefficient (Wildman–Crippen LogP) is 4.69. The first-order valence-electron chi connectivity index (χ1n) is 7.32. The Labute approximate surface area is 148 Å². The fourth-order valence-corrected chi connectivity index (χ4v) is 2.26. The van der Waals surface area contributed by atoms with E-state index < -0.39 is 17.7 Å². The number of hydrogen-bond donors (Lipinski definition) is 2. The Morgan fingerprint density at radius 3 is 2.32 bits per heavy atom. The number of carbonyl (C=O) groups is 1. The minimum Gasteiger partial charge on any atom is -0.462 e. The first kappa shape index (κ1) is 18.7. The molecule has 0 aliphatic carbocycles. The number of nitrogens with one attached hydrogen (secondary N) is 2. The lowest BCUT2D eigenvalue weighted by atomic mass is 10.1. The largest absolute Gasteiger partial charge is 0.462 e. The maximum atomic E-state index is 13.0. The summed E-state index contributed by atoms with van der Waals surface area (Å²) < 4.78 is 43.8. The Balaban J connectivity index is 2.05. The van der Waals surface area contributed by atoms with Crippen molar-refractivity contribution in [1.82, 2.24) is 0 Å². The van der Waals surface area contributed by atoms with Crippen LogP contribution in [0.4, 0.5) is 24.5 Å².